The molecule has 0 atom stereocenters. The lowest BCUT2D eigenvalue weighted by molar-refractivity contribution is 0.0505. The largest absolute Gasteiger partial charge is 0.489 e. The van der Waals surface area contributed by atoms with Gasteiger partial charge in [-0.3, -0.25) is 4.79 Å². The van der Waals surface area contributed by atoms with Crippen molar-refractivity contribution in [3.63, 3.8) is 0 Å². The predicted octanol–water partition coefficient (Wildman–Crippen LogP) is 5.87. The Kier molecular flexibility index (Phi) is 6.69. The lowest BCUT2D eigenvalue weighted by atomic mass is 10.2. The summed E-state index contributed by atoms with van der Waals surface area (Å²) < 4.78 is 35.7. The van der Waals surface area contributed by atoms with Gasteiger partial charge in [-0.05, 0) is 48.9 Å². The molecule has 0 aliphatic carbocycles. The zero-order chi connectivity index (χ0) is 23.2. The molecule has 1 aromatic heterocycles. The molecule has 6 nitrogen and oxygen atoms in total. The summed E-state index contributed by atoms with van der Waals surface area (Å²) in [5.74, 6) is 0.0506. The average Bonchev–Trinajstić information content (AvgIpc) is 2.84. The minimum atomic E-state index is -0.415. The molecule has 33 heavy (non-hydrogen) atoms. The van der Waals surface area contributed by atoms with Gasteiger partial charge in [0.2, 0.25) is 11.2 Å². The van der Waals surface area contributed by atoms with Crippen LogP contribution in [-0.2, 0) is 11.3 Å². The Labute approximate surface area is 189 Å². The summed E-state index contributed by atoms with van der Waals surface area (Å²) in [6.07, 6.45) is 1.96. The molecular weight excluding hydrogens is 427 g/mol. The quantitative estimate of drug-likeness (QED) is 0.314. The molecular formula is C26H21FO6. The molecule has 168 valence electrons. The zero-order valence-corrected chi connectivity index (χ0v) is 17.9. The van der Waals surface area contributed by atoms with Gasteiger partial charge in [-0.25, -0.2) is 9.18 Å². The van der Waals surface area contributed by atoms with Crippen molar-refractivity contribution in [2.24, 2.45) is 0 Å². The number of ether oxygens (including phenoxy) is 3. The van der Waals surface area contributed by atoms with Crippen LogP contribution in [0.15, 0.2) is 82.2 Å². The number of esters is 1. The number of rotatable bonds is 8. The summed E-state index contributed by atoms with van der Waals surface area (Å²) in [5, 5.41) is 0.311. The smallest absolute Gasteiger partial charge is 0.338 e. The molecule has 0 radical (unpaired) electrons. The van der Waals surface area contributed by atoms with E-state index in [1.54, 1.807) is 60.7 Å². The first-order valence-electron chi connectivity index (χ1n) is 10.4. The maximum absolute atomic E-state index is 13.8. The van der Waals surface area contributed by atoms with Crippen LogP contribution in [0, 0.1) is 5.82 Å². The van der Waals surface area contributed by atoms with Gasteiger partial charge in [-0.15, -0.1) is 0 Å². The Hall–Kier alpha value is -4.13. The van der Waals surface area contributed by atoms with E-state index in [4.69, 9.17) is 18.6 Å². The van der Waals surface area contributed by atoms with Crippen molar-refractivity contribution in [2.75, 3.05) is 6.61 Å². The van der Waals surface area contributed by atoms with Crippen LogP contribution in [-0.4, -0.2) is 12.6 Å². The Morgan fingerprint density at radius 2 is 1.76 bits per heavy atom. The fourth-order valence-corrected chi connectivity index (χ4v) is 3.09. The maximum Gasteiger partial charge on any atom is 0.338 e. The van der Waals surface area contributed by atoms with Crippen molar-refractivity contribution in [1.82, 2.24) is 0 Å². The monoisotopic (exact) mass is 448 g/mol. The Balaban J connectivity index is 1.48. The maximum atomic E-state index is 13.8. The number of fused-ring (bicyclic) bond motifs is 1. The van der Waals surface area contributed by atoms with Gasteiger partial charge in [0.05, 0.1) is 17.6 Å². The summed E-state index contributed by atoms with van der Waals surface area (Å²) in [5.41, 5.74) is 0.771. The first-order valence-corrected chi connectivity index (χ1v) is 10.4. The van der Waals surface area contributed by atoms with Gasteiger partial charge in [0.25, 0.3) is 0 Å². The minimum absolute atomic E-state index is 0.00355. The SMILES string of the molecule is CCCOC(=O)c1ccc(Oc2coc3cc(OCc4ccccc4F)ccc3c2=O)cc1. The van der Waals surface area contributed by atoms with Crippen LogP contribution in [0.3, 0.4) is 0 Å². The Bertz CT molecular complexity index is 1330. The summed E-state index contributed by atoms with van der Waals surface area (Å²) in [4.78, 5) is 24.7. The Morgan fingerprint density at radius 1 is 1.00 bits per heavy atom. The van der Waals surface area contributed by atoms with E-state index in [1.165, 1.54) is 12.3 Å². The number of carbonyl (C=O) groups is 1. The van der Waals surface area contributed by atoms with Crippen LogP contribution >= 0.6 is 0 Å². The normalized spacial score (nSPS) is 10.7. The average molecular weight is 448 g/mol. The van der Waals surface area contributed by atoms with E-state index in [2.05, 4.69) is 0 Å². The van der Waals surface area contributed by atoms with Gasteiger partial charge >= 0.3 is 5.97 Å². The highest BCUT2D eigenvalue weighted by atomic mass is 19.1. The van der Waals surface area contributed by atoms with Crippen molar-refractivity contribution < 1.29 is 27.8 Å². The molecule has 0 saturated carbocycles. The first kappa shape index (κ1) is 22.1. The fraction of sp³-hybridized carbons (Fsp3) is 0.154. The molecule has 4 aromatic rings. The van der Waals surface area contributed by atoms with Gasteiger partial charge in [0.1, 0.15) is 35.8 Å². The highest BCUT2D eigenvalue weighted by molar-refractivity contribution is 5.89. The third-order valence-electron chi connectivity index (χ3n) is 4.82. The van der Waals surface area contributed by atoms with E-state index >= 15 is 0 Å². The third kappa shape index (κ3) is 5.20. The van der Waals surface area contributed by atoms with Crippen LogP contribution < -0.4 is 14.9 Å². The van der Waals surface area contributed by atoms with E-state index in [0.29, 0.717) is 40.2 Å². The lowest BCUT2D eigenvalue weighted by Gasteiger charge is -2.09. The number of hydrogen-bond donors (Lipinski definition) is 0. The standard InChI is InChI=1S/C26H21FO6/c1-2-13-30-26(29)17-7-9-19(10-8-17)33-24-16-32-23-14-20(11-12-21(23)25(24)28)31-15-18-5-3-4-6-22(18)27/h3-12,14,16H,2,13,15H2,1H3. The van der Waals surface area contributed by atoms with E-state index in [-0.39, 0.29) is 23.6 Å². The van der Waals surface area contributed by atoms with Gasteiger partial charge < -0.3 is 18.6 Å². The van der Waals surface area contributed by atoms with Crippen molar-refractivity contribution in [3.8, 4) is 17.2 Å². The molecule has 0 aliphatic rings. The van der Waals surface area contributed by atoms with Crippen LogP contribution in [0.4, 0.5) is 4.39 Å². The van der Waals surface area contributed by atoms with Crippen LogP contribution in [0.25, 0.3) is 11.0 Å². The third-order valence-corrected chi connectivity index (χ3v) is 4.82. The molecule has 0 bridgehead atoms. The van der Waals surface area contributed by atoms with Crippen LogP contribution in [0.5, 0.6) is 17.2 Å². The van der Waals surface area contributed by atoms with E-state index < -0.39 is 5.97 Å². The van der Waals surface area contributed by atoms with Gasteiger partial charge in [-0.1, -0.05) is 25.1 Å². The molecule has 0 unspecified atom stereocenters. The summed E-state index contributed by atoms with van der Waals surface area (Å²) in [7, 11) is 0. The molecule has 7 heteroatoms. The Morgan fingerprint density at radius 3 is 2.52 bits per heavy atom. The molecule has 0 saturated heterocycles. The molecule has 0 amide bonds. The number of carbonyl (C=O) groups excluding carboxylic acids is 1. The highest BCUT2D eigenvalue weighted by Gasteiger charge is 2.12. The van der Waals surface area contributed by atoms with Crippen molar-refractivity contribution >= 4 is 16.9 Å². The van der Waals surface area contributed by atoms with Crippen molar-refractivity contribution in [2.45, 2.75) is 20.0 Å². The summed E-state index contributed by atoms with van der Waals surface area (Å²) in [6.45, 7) is 2.32. The first-order chi connectivity index (χ1) is 16.0. The molecule has 0 fully saturated rings. The number of benzene rings is 3. The van der Waals surface area contributed by atoms with Crippen molar-refractivity contribution in [1.29, 1.82) is 0 Å². The molecule has 1 heterocycles. The second-order valence-corrected chi connectivity index (χ2v) is 7.23. The van der Waals surface area contributed by atoms with Gasteiger partial charge in [0, 0.05) is 11.6 Å². The number of hydrogen-bond acceptors (Lipinski definition) is 6. The highest BCUT2D eigenvalue weighted by Crippen LogP contribution is 2.25. The van der Waals surface area contributed by atoms with E-state index in [9.17, 15) is 14.0 Å². The summed E-state index contributed by atoms with van der Waals surface area (Å²) >= 11 is 0. The lowest BCUT2D eigenvalue weighted by Crippen LogP contribution is -2.06. The molecule has 3 aromatic carbocycles. The fourth-order valence-electron chi connectivity index (χ4n) is 3.09. The zero-order valence-electron chi connectivity index (χ0n) is 17.9. The van der Waals surface area contributed by atoms with E-state index in [1.807, 2.05) is 6.92 Å². The summed E-state index contributed by atoms with van der Waals surface area (Å²) in [6, 6.07) is 17.4. The van der Waals surface area contributed by atoms with Gasteiger partial charge in [0.15, 0.2) is 0 Å². The van der Waals surface area contributed by atoms with Gasteiger partial charge in [-0.2, -0.15) is 0 Å². The van der Waals surface area contributed by atoms with Crippen LogP contribution in [0.1, 0.15) is 29.3 Å². The molecule has 4 rings (SSSR count). The van der Waals surface area contributed by atoms with Crippen LogP contribution in [0.2, 0.25) is 0 Å². The molecule has 0 N–H and O–H groups in total. The minimum Gasteiger partial charge on any atom is -0.489 e. The van der Waals surface area contributed by atoms with Crippen molar-refractivity contribution in [3.05, 3.63) is 100 Å². The molecule has 0 aliphatic heterocycles. The predicted molar refractivity (Wildman–Crippen MR) is 120 cm³/mol. The second-order valence-electron chi connectivity index (χ2n) is 7.23. The molecule has 0 spiro atoms. The topological polar surface area (TPSA) is 75.0 Å². The van der Waals surface area contributed by atoms with E-state index in [0.717, 1.165) is 6.42 Å². The second kappa shape index (κ2) is 9.99. The number of halogens is 1.